The summed E-state index contributed by atoms with van der Waals surface area (Å²) in [6, 6.07) is 0. The van der Waals surface area contributed by atoms with E-state index in [1.807, 2.05) is 19.6 Å². The van der Waals surface area contributed by atoms with Crippen LogP contribution in [0, 0.1) is 0 Å². The molecule has 0 heterocycles. The number of ether oxygens (including phenoxy) is 1. The lowest BCUT2D eigenvalue weighted by molar-refractivity contribution is -0.127. The monoisotopic (exact) mass is 414 g/mol. The predicted molar refractivity (Wildman–Crippen MR) is 98.3 cm³/mol. The molecule has 0 aromatic heterocycles. The summed E-state index contributed by atoms with van der Waals surface area (Å²) in [5, 5.41) is 0.545. The standard InChI is InChI=1S/C15H18Cl4O3Si/c1-23(2,3)22-15-12(18)10(16)14(11(17)13(15)19)21-9-7-5-4-6-8(9)20/h9H,4-7H2,1-3H3. The number of halogens is 4. The highest BCUT2D eigenvalue weighted by atomic mass is 35.5. The molecule has 1 aliphatic carbocycles. The molecule has 8 heteroatoms. The third kappa shape index (κ3) is 4.49. The highest BCUT2D eigenvalue weighted by molar-refractivity contribution is 6.70. The maximum Gasteiger partial charge on any atom is 0.242 e. The van der Waals surface area contributed by atoms with E-state index in [9.17, 15) is 4.79 Å². The molecule has 0 spiro atoms. The van der Waals surface area contributed by atoms with Crippen LogP contribution in [0.2, 0.25) is 39.7 Å². The molecule has 0 amide bonds. The normalized spacial score (nSPS) is 18.9. The first-order chi connectivity index (χ1) is 10.6. The Morgan fingerprint density at radius 3 is 1.91 bits per heavy atom. The van der Waals surface area contributed by atoms with Gasteiger partial charge >= 0.3 is 0 Å². The van der Waals surface area contributed by atoms with Gasteiger partial charge in [0.2, 0.25) is 8.32 Å². The Morgan fingerprint density at radius 2 is 1.43 bits per heavy atom. The Kier molecular flexibility index (Phi) is 6.18. The molecule has 2 rings (SSSR count). The molecular formula is C15H18Cl4O3Si. The molecule has 1 atom stereocenters. The van der Waals surface area contributed by atoms with Crippen LogP contribution < -0.4 is 9.16 Å². The van der Waals surface area contributed by atoms with E-state index in [1.165, 1.54) is 0 Å². The number of rotatable bonds is 4. The van der Waals surface area contributed by atoms with Crippen LogP contribution in [0.15, 0.2) is 0 Å². The molecule has 0 N–H and O–H groups in total. The van der Waals surface area contributed by atoms with Crippen molar-refractivity contribution in [3.05, 3.63) is 20.1 Å². The molecule has 0 aliphatic heterocycles. The van der Waals surface area contributed by atoms with Crippen molar-refractivity contribution in [1.82, 2.24) is 0 Å². The first kappa shape index (κ1) is 19.2. The fourth-order valence-corrected chi connectivity index (χ4v) is 4.24. The molecule has 1 aromatic rings. The molecule has 0 bridgehead atoms. The van der Waals surface area contributed by atoms with Gasteiger partial charge in [-0.2, -0.15) is 0 Å². The summed E-state index contributed by atoms with van der Waals surface area (Å²) in [5.74, 6) is 0.453. The smallest absolute Gasteiger partial charge is 0.242 e. The average molecular weight is 416 g/mol. The van der Waals surface area contributed by atoms with Crippen molar-refractivity contribution in [1.29, 1.82) is 0 Å². The minimum atomic E-state index is -1.96. The molecule has 1 unspecified atom stereocenters. The summed E-state index contributed by atoms with van der Waals surface area (Å²) in [6.45, 7) is 5.98. The SMILES string of the molecule is C[Si](C)(C)Oc1c(Cl)c(Cl)c(OC2CCCCC2=O)c(Cl)c1Cl. The number of Topliss-reactive ketones (excluding diaryl/α,β-unsaturated/α-hetero) is 1. The van der Waals surface area contributed by atoms with Gasteiger partial charge in [-0.1, -0.05) is 46.4 Å². The van der Waals surface area contributed by atoms with Gasteiger partial charge in [-0.3, -0.25) is 4.79 Å². The van der Waals surface area contributed by atoms with Gasteiger partial charge in [-0.25, -0.2) is 0 Å². The number of benzene rings is 1. The van der Waals surface area contributed by atoms with Crippen LogP contribution >= 0.6 is 46.4 Å². The molecule has 3 nitrogen and oxygen atoms in total. The van der Waals surface area contributed by atoms with Gasteiger partial charge in [0.15, 0.2) is 17.6 Å². The second-order valence-electron chi connectivity index (χ2n) is 6.45. The van der Waals surface area contributed by atoms with Crippen LogP contribution in [-0.2, 0) is 4.79 Å². The summed E-state index contributed by atoms with van der Waals surface area (Å²) in [5.41, 5.74) is 0. The van der Waals surface area contributed by atoms with Crippen LogP contribution in [0.5, 0.6) is 11.5 Å². The predicted octanol–water partition coefficient (Wildman–Crippen LogP) is 6.40. The van der Waals surface area contributed by atoms with E-state index in [1.54, 1.807) is 0 Å². The van der Waals surface area contributed by atoms with Gasteiger partial charge in [0.1, 0.15) is 25.8 Å². The van der Waals surface area contributed by atoms with Crippen molar-refractivity contribution in [2.45, 2.75) is 51.4 Å². The van der Waals surface area contributed by atoms with E-state index in [4.69, 9.17) is 55.6 Å². The Bertz CT molecular complexity index is 599. The second-order valence-corrected chi connectivity index (χ2v) is 12.4. The fourth-order valence-electron chi connectivity index (χ4n) is 2.31. The van der Waals surface area contributed by atoms with Crippen LogP contribution in [0.4, 0.5) is 0 Å². The van der Waals surface area contributed by atoms with Crippen molar-refractivity contribution in [2.75, 3.05) is 0 Å². The molecule has 128 valence electrons. The lowest BCUT2D eigenvalue weighted by Gasteiger charge is -2.26. The summed E-state index contributed by atoms with van der Waals surface area (Å²) >= 11 is 25.2. The van der Waals surface area contributed by atoms with Crippen LogP contribution in [-0.4, -0.2) is 20.2 Å². The summed E-state index contributed by atoms with van der Waals surface area (Å²) in [4.78, 5) is 11.9. The molecule has 0 saturated heterocycles. The van der Waals surface area contributed by atoms with Crippen molar-refractivity contribution >= 4 is 60.5 Å². The second kappa shape index (κ2) is 7.40. The van der Waals surface area contributed by atoms with Gasteiger partial charge in [-0.05, 0) is 38.9 Å². The minimum absolute atomic E-state index is 0.0399. The van der Waals surface area contributed by atoms with Crippen molar-refractivity contribution < 1.29 is 14.0 Å². The van der Waals surface area contributed by atoms with E-state index in [-0.39, 0.29) is 37.4 Å². The highest BCUT2D eigenvalue weighted by Crippen LogP contribution is 2.51. The quantitative estimate of drug-likeness (QED) is 0.421. The first-order valence-corrected chi connectivity index (χ1v) is 12.3. The highest BCUT2D eigenvalue weighted by Gasteiger charge is 2.30. The van der Waals surface area contributed by atoms with Crippen molar-refractivity contribution in [3.63, 3.8) is 0 Å². The van der Waals surface area contributed by atoms with E-state index in [2.05, 4.69) is 0 Å². The molecule has 1 saturated carbocycles. The largest absolute Gasteiger partial charge is 0.542 e. The maximum atomic E-state index is 11.9. The zero-order valence-corrected chi connectivity index (χ0v) is 17.2. The number of hydrogen-bond acceptors (Lipinski definition) is 3. The van der Waals surface area contributed by atoms with Gasteiger partial charge in [-0.15, -0.1) is 0 Å². The third-order valence-corrected chi connectivity index (χ3v) is 5.80. The number of ketones is 1. The molecule has 23 heavy (non-hydrogen) atoms. The molecule has 1 aliphatic rings. The lowest BCUT2D eigenvalue weighted by Crippen LogP contribution is -2.31. The Labute approximate surface area is 157 Å². The molecular weight excluding hydrogens is 398 g/mol. The van der Waals surface area contributed by atoms with Crippen LogP contribution in [0.25, 0.3) is 0 Å². The Balaban J connectivity index is 2.40. The average Bonchev–Trinajstić information content (AvgIpc) is 2.47. The third-order valence-electron chi connectivity index (χ3n) is 3.35. The molecule has 1 aromatic carbocycles. The Hall–Kier alpha value is -0.133. The first-order valence-electron chi connectivity index (χ1n) is 7.36. The number of carbonyl (C=O) groups excluding carboxylic acids is 1. The maximum absolute atomic E-state index is 11.9. The molecule has 0 radical (unpaired) electrons. The van der Waals surface area contributed by atoms with Crippen LogP contribution in [0.1, 0.15) is 25.7 Å². The molecule has 1 fully saturated rings. The summed E-state index contributed by atoms with van der Waals surface area (Å²) in [6.07, 6.45) is 2.37. The lowest BCUT2D eigenvalue weighted by atomic mass is 9.96. The van der Waals surface area contributed by atoms with Crippen LogP contribution in [0.3, 0.4) is 0 Å². The van der Waals surface area contributed by atoms with Crippen molar-refractivity contribution in [2.24, 2.45) is 0 Å². The van der Waals surface area contributed by atoms with Crippen molar-refractivity contribution in [3.8, 4) is 11.5 Å². The van der Waals surface area contributed by atoms with Gasteiger partial charge < -0.3 is 9.16 Å². The topological polar surface area (TPSA) is 35.5 Å². The Morgan fingerprint density at radius 1 is 0.913 bits per heavy atom. The van der Waals surface area contributed by atoms with Gasteiger partial charge in [0.25, 0.3) is 0 Å². The number of carbonyl (C=O) groups is 1. The summed E-state index contributed by atoms with van der Waals surface area (Å²) < 4.78 is 11.6. The van der Waals surface area contributed by atoms with Gasteiger partial charge in [0.05, 0.1) is 0 Å². The van der Waals surface area contributed by atoms with E-state index in [0.717, 1.165) is 12.8 Å². The summed E-state index contributed by atoms with van der Waals surface area (Å²) in [7, 11) is -1.96. The number of hydrogen-bond donors (Lipinski definition) is 0. The zero-order chi connectivity index (χ0) is 17.4. The van der Waals surface area contributed by atoms with Gasteiger partial charge in [0, 0.05) is 6.42 Å². The van der Waals surface area contributed by atoms with E-state index >= 15 is 0 Å². The fraction of sp³-hybridized carbons (Fsp3) is 0.533. The van der Waals surface area contributed by atoms with E-state index < -0.39 is 14.4 Å². The minimum Gasteiger partial charge on any atom is -0.542 e. The van der Waals surface area contributed by atoms with E-state index in [0.29, 0.717) is 12.8 Å². The zero-order valence-electron chi connectivity index (χ0n) is 13.1.